The Bertz CT molecular complexity index is 536. The smallest absolute Gasteiger partial charge is 0.261 e. The zero-order chi connectivity index (χ0) is 8.84. The average molecular weight is 173 g/mol. The van der Waals surface area contributed by atoms with Gasteiger partial charge in [-0.15, -0.1) is 5.11 Å². The van der Waals surface area contributed by atoms with Crippen LogP contribution in [-0.2, 0) is 0 Å². The molecule has 0 radical (unpaired) electrons. The lowest BCUT2D eigenvalue weighted by molar-refractivity contribution is 1.10. The first-order valence-corrected chi connectivity index (χ1v) is 3.64. The van der Waals surface area contributed by atoms with Gasteiger partial charge in [0.2, 0.25) is 0 Å². The van der Waals surface area contributed by atoms with Crippen molar-refractivity contribution in [2.24, 2.45) is 15.2 Å². The third-order valence-electron chi connectivity index (χ3n) is 1.89. The van der Waals surface area contributed by atoms with Gasteiger partial charge in [-0.1, -0.05) is 0 Å². The van der Waals surface area contributed by atoms with Gasteiger partial charge in [-0.3, -0.25) is 4.79 Å². The second kappa shape index (κ2) is 1.98. The van der Waals surface area contributed by atoms with Crippen LogP contribution in [0.15, 0.2) is 32.5 Å². The van der Waals surface area contributed by atoms with Gasteiger partial charge >= 0.3 is 0 Å². The topological polar surface area (TPSA) is 82.8 Å². The summed E-state index contributed by atoms with van der Waals surface area (Å²) < 4.78 is 0. The van der Waals surface area contributed by atoms with Crippen molar-refractivity contribution in [3.05, 3.63) is 28.4 Å². The van der Waals surface area contributed by atoms with Gasteiger partial charge in [0.1, 0.15) is 0 Å². The molecule has 6 nitrogen and oxygen atoms in total. The molecule has 1 aromatic rings. The molecule has 1 aromatic heterocycles. The number of nitrogens with zero attached hydrogens (tertiary/aromatic N) is 4. The number of azo groups is 1. The summed E-state index contributed by atoms with van der Waals surface area (Å²) in [6.07, 6.45) is 2.84. The van der Waals surface area contributed by atoms with Gasteiger partial charge < -0.3 is 4.98 Å². The summed E-state index contributed by atoms with van der Waals surface area (Å²) in [5.74, 6) is 0.892. The van der Waals surface area contributed by atoms with E-state index in [1.807, 2.05) is 0 Å². The lowest BCUT2D eigenvalue weighted by Gasteiger charge is -1.92. The minimum Gasteiger partial charge on any atom is -0.312 e. The van der Waals surface area contributed by atoms with Gasteiger partial charge in [0, 0.05) is 0 Å². The van der Waals surface area contributed by atoms with Crippen LogP contribution >= 0.6 is 0 Å². The molecule has 1 N–H and O–H groups in total. The van der Waals surface area contributed by atoms with Gasteiger partial charge in [0.05, 0.1) is 23.7 Å². The highest BCUT2D eigenvalue weighted by atomic mass is 16.1. The van der Waals surface area contributed by atoms with Crippen molar-refractivity contribution >= 4 is 17.2 Å². The predicted octanol–water partition coefficient (Wildman–Crippen LogP) is 0.620. The van der Waals surface area contributed by atoms with E-state index in [1.165, 1.54) is 12.5 Å². The molecule has 13 heavy (non-hydrogen) atoms. The number of aromatic nitrogens is 2. The number of amidine groups is 1. The summed E-state index contributed by atoms with van der Waals surface area (Å²) in [5, 5.41) is 7.40. The summed E-state index contributed by atoms with van der Waals surface area (Å²) in [4.78, 5) is 21.8. The molecule has 62 valence electrons. The minimum atomic E-state index is -0.206. The highest BCUT2D eigenvalue weighted by Crippen LogP contribution is 2.32. The third-order valence-corrected chi connectivity index (χ3v) is 1.89. The maximum absolute atomic E-state index is 11.4. The van der Waals surface area contributed by atoms with Gasteiger partial charge in [0.15, 0.2) is 11.7 Å². The second-order valence-electron chi connectivity index (χ2n) is 2.62. The molecule has 0 aromatic carbocycles. The molecular formula is C7H3N5O. The summed E-state index contributed by atoms with van der Waals surface area (Å²) >= 11 is 0. The molecule has 0 atom stereocenters. The zero-order valence-corrected chi connectivity index (χ0v) is 6.35. The van der Waals surface area contributed by atoms with E-state index in [9.17, 15) is 4.79 Å². The molecule has 0 fully saturated rings. The lowest BCUT2D eigenvalue weighted by Crippen LogP contribution is -2.10. The molecule has 3 heterocycles. The first kappa shape index (κ1) is 6.41. The summed E-state index contributed by atoms with van der Waals surface area (Å²) in [6.45, 7) is 0. The maximum Gasteiger partial charge on any atom is 0.261 e. The monoisotopic (exact) mass is 173 g/mol. The first-order valence-electron chi connectivity index (χ1n) is 3.64. The molecule has 2 aliphatic rings. The van der Waals surface area contributed by atoms with Crippen LogP contribution in [0.4, 0.5) is 5.82 Å². The van der Waals surface area contributed by atoms with Crippen LogP contribution in [-0.4, -0.2) is 15.8 Å². The standard InChI is InChI=1S/C7H3N5O/c13-7-4-3-1-10-12-5(3)11-6(4)8-2-9-7/h1-2H,(H,8,9,11,12,13). The highest BCUT2D eigenvalue weighted by molar-refractivity contribution is 6.28. The van der Waals surface area contributed by atoms with E-state index in [0.717, 1.165) is 0 Å². The number of fused-ring (bicyclic) bond motifs is 3. The minimum absolute atomic E-state index is 0.206. The molecule has 0 spiro atoms. The Kier molecular flexibility index (Phi) is 0.974. The fraction of sp³-hybridized carbons (Fsp3) is 0. The predicted molar refractivity (Wildman–Crippen MR) is 44.8 cm³/mol. The van der Waals surface area contributed by atoms with Gasteiger partial charge in [0.25, 0.3) is 5.56 Å². The Morgan fingerprint density at radius 1 is 1.38 bits per heavy atom. The van der Waals surface area contributed by atoms with Crippen molar-refractivity contribution in [3.8, 4) is 0 Å². The third kappa shape index (κ3) is 0.689. The average Bonchev–Trinajstić information content (AvgIpc) is 2.62. The number of hydrogen-bond acceptors (Lipinski definition) is 5. The first-order chi connectivity index (χ1) is 6.36. The molecule has 0 aliphatic carbocycles. The van der Waals surface area contributed by atoms with Gasteiger partial charge in [-0.25, -0.2) is 9.98 Å². The van der Waals surface area contributed by atoms with Crippen LogP contribution in [0.3, 0.4) is 0 Å². The molecule has 6 heteroatoms. The summed E-state index contributed by atoms with van der Waals surface area (Å²) in [6, 6.07) is 0. The second-order valence-corrected chi connectivity index (χ2v) is 2.62. The summed E-state index contributed by atoms with van der Waals surface area (Å²) in [5.41, 5.74) is 0.911. The Hall–Kier alpha value is -2.11. The SMILES string of the molecule is O=c1[nH]cnc2c1C1=CN=NC1=N2. The Morgan fingerprint density at radius 3 is 3.23 bits per heavy atom. The molecule has 0 bridgehead atoms. The quantitative estimate of drug-likeness (QED) is 0.623. The number of aromatic amines is 1. The van der Waals surface area contributed by atoms with Gasteiger partial charge in [-0.05, 0) is 0 Å². The fourth-order valence-electron chi connectivity index (χ4n) is 1.33. The number of aliphatic imine (C=N–C) groups is 1. The Labute approximate surface area is 71.8 Å². The van der Waals surface area contributed by atoms with Crippen molar-refractivity contribution in [2.75, 3.05) is 0 Å². The van der Waals surface area contributed by atoms with E-state index >= 15 is 0 Å². The highest BCUT2D eigenvalue weighted by Gasteiger charge is 2.27. The number of hydrogen-bond donors (Lipinski definition) is 1. The van der Waals surface area contributed by atoms with Crippen molar-refractivity contribution < 1.29 is 0 Å². The van der Waals surface area contributed by atoms with E-state index in [1.54, 1.807) is 0 Å². The molecule has 0 saturated carbocycles. The molecule has 0 saturated heterocycles. The van der Waals surface area contributed by atoms with Crippen LogP contribution < -0.4 is 5.56 Å². The zero-order valence-electron chi connectivity index (χ0n) is 6.35. The van der Waals surface area contributed by atoms with Crippen LogP contribution in [0, 0.1) is 0 Å². The molecule has 3 rings (SSSR count). The largest absolute Gasteiger partial charge is 0.312 e. The Balaban J connectivity index is 2.41. The van der Waals surface area contributed by atoms with Crippen LogP contribution in [0.25, 0.3) is 5.57 Å². The van der Waals surface area contributed by atoms with E-state index in [0.29, 0.717) is 22.8 Å². The maximum atomic E-state index is 11.4. The van der Waals surface area contributed by atoms with Crippen LogP contribution in [0.5, 0.6) is 0 Å². The van der Waals surface area contributed by atoms with E-state index in [2.05, 4.69) is 25.2 Å². The van der Waals surface area contributed by atoms with E-state index in [4.69, 9.17) is 0 Å². The Morgan fingerprint density at radius 2 is 2.31 bits per heavy atom. The molecular weight excluding hydrogens is 170 g/mol. The molecule has 0 amide bonds. The number of rotatable bonds is 0. The van der Waals surface area contributed by atoms with E-state index in [-0.39, 0.29) is 5.56 Å². The van der Waals surface area contributed by atoms with Crippen molar-refractivity contribution in [1.82, 2.24) is 9.97 Å². The number of nitrogens with one attached hydrogen (secondary N) is 1. The fourth-order valence-corrected chi connectivity index (χ4v) is 1.33. The lowest BCUT2D eigenvalue weighted by atomic mass is 10.1. The normalized spacial score (nSPS) is 16.6. The van der Waals surface area contributed by atoms with Crippen molar-refractivity contribution in [1.29, 1.82) is 0 Å². The number of H-pyrrole nitrogens is 1. The van der Waals surface area contributed by atoms with Crippen molar-refractivity contribution in [2.45, 2.75) is 0 Å². The van der Waals surface area contributed by atoms with Crippen LogP contribution in [0.2, 0.25) is 0 Å². The van der Waals surface area contributed by atoms with Gasteiger partial charge in [-0.2, -0.15) is 5.11 Å². The molecule has 2 aliphatic heterocycles. The van der Waals surface area contributed by atoms with Crippen molar-refractivity contribution in [3.63, 3.8) is 0 Å². The van der Waals surface area contributed by atoms with E-state index < -0.39 is 0 Å². The molecule has 0 unspecified atom stereocenters. The van der Waals surface area contributed by atoms with Crippen LogP contribution in [0.1, 0.15) is 5.56 Å². The summed E-state index contributed by atoms with van der Waals surface area (Å²) in [7, 11) is 0.